The van der Waals surface area contributed by atoms with Crippen molar-refractivity contribution in [3.8, 4) is 11.6 Å². The highest BCUT2D eigenvalue weighted by Crippen LogP contribution is 2.34. The number of hydrogen-bond donors (Lipinski definition) is 1. The number of aromatic nitrogens is 2. The zero-order chi connectivity index (χ0) is 22.2. The molecule has 1 N–H and O–H groups in total. The van der Waals surface area contributed by atoms with Gasteiger partial charge in [0, 0.05) is 34.4 Å². The molecule has 8 heteroatoms. The van der Waals surface area contributed by atoms with Crippen LogP contribution in [0, 0.1) is 0 Å². The Balaban J connectivity index is 1.31. The molecule has 1 aromatic heterocycles. The van der Waals surface area contributed by atoms with Gasteiger partial charge in [-0.05, 0) is 87.4 Å². The molecule has 1 aliphatic rings. The van der Waals surface area contributed by atoms with Crippen LogP contribution in [0.2, 0.25) is 5.02 Å². The van der Waals surface area contributed by atoms with E-state index in [4.69, 9.17) is 16.3 Å². The molecule has 166 valence electrons. The quantitative estimate of drug-likeness (QED) is 0.430. The van der Waals surface area contributed by atoms with Crippen molar-refractivity contribution in [2.24, 2.45) is 0 Å². The fraction of sp³-hybridized carbons (Fsp3) is 0.292. The highest BCUT2D eigenvalue weighted by molar-refractivity contribution is 7.99. The number of hydrogen-bond acceptors (Lipinski definition) is 6. The smallest absolute Gasteiger partial charge is 0.252 e. The van der Waals surface area contributed by atoms with Gasteiger partial charge in [-0.3, -0.25) is 4.79 Å². The Morgan fingerprint density at radius 1 is 1.03 bits per heavy atom. The minimum Gasteiger partial charge on any atom is -0.437 e. The summed E-state index contributed by atoms with van der Waals surface area (Å²) in [5, 5.41) is 4.32. The first-order valence-electron chi connectivity index (χ1n) is 10.7. The Bertz CT molecular complexity index is 1020. The van der Waals surface area contributed by atoms with Crippen LogP contribution in [0.25, 0.3) is 0 Å². The Kier molecular flexibility index (Phi) is 7.98. The molecule has 3 aromatic rings. The SMILES string of the molecule is O=C(NCCCN1CCCC1)c1ccc(Oc2nccnc2Sc2ccc(Cl)cc2)cc1. The fourth-order valence-electron chi connectivity index (χ4n) is 3.47. The van der Waals surface area contributed by atoms with Crippen LogP contribution >= 0.6 is 23.4 Å². The van der Waals surface area contributed by atoms with Gasteiger partial charge in [0.15, 0.2) is 5.03 Å². The third-order valence-corrected chi connectivity index (χ3v) is 6.36. The highest BCUT2D eigenvalue weighted by atomic mass is 35.5. The molecule has 0 bridgehead atoms. The van der Waals surface area contributed by atoms with E-state index in [1.165, 1.54) is 37.7 Å². The van der Waals surface area contributed by atoms with Gasteiger partial charge in [0.1, 0.15) is 5.75 Å². The molecule has 1 fully saturated rings. The van der Waals surface area contributed by atoms with Gasteiger partial charge in [-0.15, -0.1) is 0 Å². The second kappa shape index (κ2) is 11.3. The van der Waals surface area contributed by atoms with Crippen molar-refractivity contribution < 1.29 is 9.53 Å². The largest absolute Gasteiger partial charge is 0.437 e. The number of carbonyl (C=O) groups is 1. The predicted molar refractivity (Wildman–Crippen MR) is 127 cm³/mol. The summed E-state index contributed by atoms with van der Waals surface area (Å²) in [4.78, 5) is 24.5. The predicted octanol–water partition coefficient (Wildman–Crippen LogP) is 5.29. The number of benzene rings is 2. The molecule has 0 unspecified atom stereocenters. The van der Waals surface area contributed by atoms with Gasteiger partial charge in [-0.1, -0.05) is 23.4 Å². The lowest BCUT2D eigenvalue weighted by atomic mass is 10.2. The summed E-state index contributed by atoms with van der Waals surface area (Å²) in [6, 6.07) is 14.6. The van der Waals surface area contributed by atoms with Crippen LogP contribution in [-0.4, -0.2) is 47.0 Å². The molecule has 0 spiro atoms. The van der Waals surface area contributed by atoms with Crippen molar-refractivity contribution in [1.82, 2.24) is 20.2 Å². The van der Waals surface area contributed by atoms with E-state index in [1.807, 2.05) is 24.3 Å². The molecule has 1 amide bonds. The maximum atomic E-state index is 12.4. The van der Waals surface area contributed by atoms with Gasteiger partial charge in [0.05, 0.1) is 0 Å². The van der Waals surface area contributed by atoms with Crippen LogP contribution in [0.15, 0.2) is 70.8 Å². The average molecular weight is 469 g/mol. The van der Waals surface area contributed by atoms with E-state index >= 15 is 0 Å². The first kappa shape index (κ1) is 22.6. The molecule has 1 saturated heterocycles. The second-order valence-electron chi connectivity index (χ2n) is 7.51. The number of ether oxygens (including phenoxy) is 1. The molecule has 0 radical (unpaired) electrons. The first-order chi connectivity index (χ1) is 15.7. The zero-order valence-corrected chi connectivity index (χ0v) is 19.2. The summed E-state index contributed by atoms with van der Waals surface area (Å²) in [7, 11) is 0. The second-order valence-corrected chi connectivity index (χ2v) is 9.01. The number of amides is 1. The van der Waals surface area contributed by atoms with Gasteiger partial charge in [-0.2, -0.15) is 0 Å². The lowest BCUT2D eigenvalue weighted by Crippen LogP contribution is -2.28. The molecular formula is C24H25ClN4O2S. The topological polar surface area (TPSA) is 67.4 Å². The Morgan fingerprint density at radius 2 is 1.75 bits per heavy atom. The van der Waals surface area contributed by atoms with E-state index in [0.717, 1.165) is 17.9 Å². The average Bonchev–Trinajstić information content (AvgIpc) is 3.33. The minimum absolute atomic E-state index is 0.0727. The van der Waals surface area contributed by atoms with Gasteiger partial charge in [0.25, 0.3) is 11.8 Å². The van der Waals surface area contributed by atoms with Crippen molar-refractivity contribution >= 4 is 29.3 Å². The number of halogens is 1. The van der Waals surface area contributed by atoms with Crippen molar-refractivity contribution in [1.29, 1.82) is 0 Å². The summed E-state index contributed by atoms with van der Waals surface area (Å²) < 4.78 is 5.94. The molecule has 0 atom stereocenters. The number of rotatable bonds is 9. The fourth-order valence-corrected chi connectivity index (χ4v) is 4.38. The van der Waals surface area contributed by atoms with Crippen molar-refractivity contribution in [2.45, 2.75) is 29.2 Å². The monoisotopic (exact) mass is 468 g/mol. The summed E-state index contributed by atoms with van der Waals surface area (Å²) in [6.07, 6.45) is 6.76. The van der Waals surface area contributed by atoms with Gasteiger partial charge in [-0.25, -0.2) is 9.97 Å². The Labute approximate surface area is 197 Å². The van der Waals surface area contributed by atoms with E-state index in [9.17, 15) is 4.79 Å². The van der Waals surface area contributed by atoms with Crippen LogP contribution in [0.3, 0.4) is 0 Å². The van der Waals surface area contributed by atoms with Crippen molar-refractivity contribution in [3.63, 3.8) is 0 Å². The van der Waals surface area contributed by atoms with E-state index in [1.54, 1.807) is 36.7 Å². The van der Waals surface area contributed by atoms with Crippen LogP contribution in [0.1, 0.15) is 29.6 Å². The van der Waals surface area contributed by atoms with E-state index in [-0.39, 0.29) is 5.91 Å². The van der Waals surface area contributed by atoms with E-state index < -0.39 is 0 Å². The van der Waals surface area contributed by atoms with Gasteiger partial charge >= 0.3 is 0 Å². The van der Waals surface area contributed by atoms with E-state index in [0.29, 0.717) is 33.8 Å². The number of nitrogens with zero attached hydrogens (tertiary/aromatic N) is 3. The van der Waals surface area contributed by atoms with Crippen LogP contribution in [0.5, 0.6) is 11.6 Å². The van der Waals surface area contributed by atoms with Crippen LogP contribution in [-0.2, 0) is 0 Å². The summed E-state index contributed by atoms with van der Waals surface area (Å²) in [5.74, 6) is 0.928. The third kappa shape index (κ3) is 6.45. The van der Waals surface area contributed by atoms with Crippen molar-refractivity contribution in [2.75, 3.05) is 26.2 Å². The van der Waals surface area contributed by atoms with Crippen molar-refractivity contribution in [3.05, 3.63) is 71.5 Å². The minimum atomic E-state index is -0.0727. The Hall–Kier alpha value is -2.61. The maximum absolute atomic E-state index is 12.4. The summed E-state index contributed by atoms with van der Waals surface area (Å²) >= 11 is 7.40. The maximum Gasteiger partial charge on any atom is 0.252 e. The van der Waals surface area contributed by atoms with Gasteiger partial charge in [0.2, 0.25) is 0 Å². The van der Waals surface area contributed by atoms with Crippen LogP contribution < -0.4 is 10.1 Å². The lowest BCUT2D eigenvalue weighted by molar-refractivity contribution is 0.0952. The number of carbonyl (C=O) groups excluding carboxylic acids is 1. The molecule has 2 aromatic carbocycles. The van der Waals surface area contributed by atoms with Gasteiger partial charge < -0.3 is 15.0 Å². The molecule has 1 aliphatic heterocycles. The standard InChI is InChI=1S/C24H25ClN4O2S/c25-19-6-10-21(11-7-19)32-24-23(27-13-14-28-24)31-20-8-4-18(5-9-20)22(30)26-12-3-17-29-15-1-2-16-29/h4-11,13-14H,1-3,12,15-17H2,(H,26,30). The molecule has 2 heterocycles. The lowest BCUT2D eigenvalue weighted by Gasteiger charge is -2.14. The molecule has 4 rings (SSSR count). The Morgan fingerprint density at radius 3 is 2.50 bits per heavy atom. The molecule has 32 heavy (non-hydrogen) atoms. The normalized spacial score (nSPS) is 13.8. The molecule has 0 aliphatic carbocycles. The molecule has 6 nitrogen and oxygen atoms in total. The van der Waals surface area contributed by atoms with E-state index in [2.05, 4.69) is 20.2 Å². The number of likely N-dealkylation sites (tertiary alicyclic amines) is 1. The summed E-state index contributed by atoms with van der Waals surface area (Å²) in [5.41, 5.74) is 0.605. The highest BCUT2D eigenvalue weighted by Gasteiger charge is 2.12. The van der Waals surface area contributed by atoms with Crippen LogP contribution in [0.4, 0.5) is 0 Å². The zero-order valence-electron chi connectivity index (χ0n) is 17.7. The molecule has 0 saturated carbocycles. The summed E-state index contributed by atoms with van der Waals surface area (Å²) in [6.45, 7) is 4.09. The third-order valence-electron chi connectivity index (χ3n) is 5.13. The molecular weight excluding hydrogens is 444 g/mol. The first-order valence-corrected chi connectivity index (χ1v) is 11.9. The number of nitrogens with one attached hydrogen (secondary N) is 1.